The predicted molar refractivity (Wildman–Crippen MR) is 111 cm³/mol. The van der Waals surface area contributed by atoms with Crippen LogP contribution in [0.25, 0.3) is 11.2 Å². The average molecular weight is 396 g/mol. The van der Waals surface area contributed by atoms with Crippen LogP contribution in [0.1, 0.15) is 17.3 Å². The van der Waals surface area contributed by atoms with Crippen LogP contribution in [0.2, 0.25) is 0 Å². The summed E-state index contributed by atoms with van der Waals surface area (Å²) in [5.74, 6) is 0.429. The van der Waals surface area contributed by atoms with Crippen molar-refractivity contribution in [2.75, 3.05) is 37.6 Å². The largest absolute Gasteiger partial charge is 0.340 e. The molecule has 0 spiro atoms. The predicted octanol–water partition coefficient (Wildman–Crippen LogP) is 0.448. The van der Waals surface area contributed by atoms with Gasteiger partial charge in [-0.05, 0) is 6.54 Å². The van der Waals surface area contributed by atoms with Gasteiger partial charge in [-0.15, -0.1) is 0 Å². The first-order valence-corrected chi connectivity index (χ1v) is 9.74. The molecule has 1 aromatic carbocycles. The van der Waals surface area contributed by atoms with Gasteiger partial charge in [0.2, 0.25) is 5.95 Å². The van der Waals surface area contributed by atoms with E-state index in [4.69, 9.17) is 0 Å². The maximum atomic E-state index is 12.9. The molecule has 0 radical (unpaired) electrons. The second-order valence-electron chi connectivity index (χ2n) is 7.20. The molecule has 4 rings (SSSR count). The third-order valence-electron chi connectivity index (χ3n) is 5.49. The number of hydrogen-bond donors (Lipinski definition) is 1. The number of Topliss-reactive ketones (excluding diaryl/α,β-unsaturated/α-hetero) is 1. The van der Waals surface area contributed by atoms with Crippen LogP contribution in [-0.2, 0) is 13.6 Å². The van der Waals surface area contributed by atoms with Crippen molar-refractivity contribution < 1.29 is 4.79 Å². The number of aryl methyl sites for hydroxylation is 1. The number of nitrogens with zero attached hydrogens (tertiary/aromatic N) is 5. The Kier molecular flexibility index (Phi) is 5.06. The van der Waals surface area contributed by atoms with Gasteiger partial charge in [0, 0.05) is 38.8 Å². The molecule has 0 unspecified atom stereocenters. The van der Waals surface area contributed by atoms with Gasteiger partial charge in [0.15, 0.2) is 16.9 Å². The number of hydrogen-bond acceptors (Lipinski definition) is 6. The van der Waals surface area contributed by atoms with Crippen LogP contribution in [0.15, 0.2) is 39.9 Å². The number of aromatic amines is 1. The Balaban J connectivity index is 1.82. The molecule has 0 amide bonds. The fourth-order valence-corrected chi connectivity index (χ4v) is 3.74. The molecule has 0 bridgehead atoms. The van der Waals surface area contributed by atoms with E-state index in [2.05, 4.69) is 26.7 Å². The van der Waals surface area contributed by atoms with Crippen molar-refractivity contribution in [3.8, 4) is 0 Å². The highest BCUT2D eigenvalue weighted by atomic mass is 16.2. The topological polar surface area (TPSA) is 96.2 Å². The summed E-state index contributed by atoms with van der Waals surface area (Å²) in [6, 6.07) is 8.96. The number of H-pyrrole nitrogens is 1. The number of carbonyl (C=O) groups is 1. The Morgan fingerprint density at radius 2 is 1.79 bits per heavy atom. The lowest BCUT2D eigenvalue weighted by molar-refractivity contribution is 0.0973. The van der Waals surface area contributed by atoms with Crippen LogP contribution in [0.4, 0.5) is 5.95 Å². The molecule has 3 aromatic rings. The maximum absolute atomic E-state index is 12.9. The fourth-order valence-electron chi connectivity index (χ4n) is 3.74. The number of rotatable bonds is 5. The number of fused-ring (bicyclic) bond motifs is 1. The molecule has 1 N–H and O–H groups in total. The van der Waals surface area contributed by atoms with Gasteiger partial charge in [-0.25, -0.2) is 4.79 Å². The van der Waals surface area contributed by atoms with E-state index < -0.39 is 11.2 Å². The quantitative estimate of drug-likeness (QED) is 0.629. The molecule has 1 saturated heterocycles. The van der Waals surface area contributed by atoms with Crippen molar-refractivity contribution in [1.82, 2.24) is 24.0 Å². The standard InChI is InChI=1S/C20H24N6O3/c1-3-24-9-11-25(12-10-24)19-21-17-16(18(28)22-20(29)23(17)2)26(19)13-15(27)14-7-5-4-6-8-14/h4-8H,3,9-13H2,1-2H3,(H,22,28,29). The number of carbonyl (C=O) groups excluding carboxylic acids is 1. The highest BCUT2D eigenvalue weighted by Crippen LogP contribution is 2.21. The maximum Gasteiger partial charge on any atom is 0.329 e. The number of benzene rings is 1. The summed E-state index contributed by atoms with van der Waals surface area (Å²) < 4.78 is 2.95. The van der Waals surface area contributed by atoms with Gasteiger partial charge in [-0.3, -0.25) is 23.7 Å². The van der Waals surface area contributed by atoms with Crippen LogP contribution in [-0.4, -0.2) is 62.5 Å². The molecule has 29 heavy (non-hydrogen) atoms. The van der Waals surface area contributed by atoms with Gasteiger partial charge < -0.3 is 9.80 Å². The molecule has 3 heterocycles. The zero-order valence-electron chi connectivity index (χ0n) is 16.6. The second-order valence-corrected chi connectivity index (χ2v) is 7.20. The first-order chi connectivity index (χ1) is 14.0. The summed E-state index contributed by atoms with van der Waals surface area (Å²) >= 11 is 0. The first kappa shape index (κ1) is 19.1. The summed E-state index contributed by atoms with van der Waals surface area (Å²) in [4.78, 5) is 48.9. The summed E-state index contributed by atoms with van der Waals surface area (Å²) in [6.07, 6.45) is 0. The Labute approximate surface area is 167 Å². The SMILES string of the molecule is CCN1CCN(c2nc3c(c(=O)[nH]c(=O)n3C)n2CC(=O)c2ccccc2)CC1. The molecule has 9 nitrogen and oxygen atoms in total. The molecule has 9 heteroatoms. The second kappa shape index (κ2) is 7.67. The van der Waals surface area contributed by atoms with Crippen LogP contribution in [0.5, 0.6) is 0 Å². The average Bonchev–Trinajstić information content (AvgIpc) is 3.12. The van der Waals surface area contributed by atoms with Crippen molar-refractivity contribution in [3.63, 3.8) is 0 Å². The van der Waals surface area contributed by atoms with Crippen molar-refractivity contribution in [3.05, 3.63) is 56.7 Å². The molecule has 0 saturated carbocycles. The van der Waals surface area contributed by atoms with Crippen molar-refractivity contribution in [2.24, 2.45) is 7.05 Å². The smallest absolute Gasteiger partial charge is 0.329 e. The molecule has 2 aromatic heterocycles. The molecular weight excluding hydrogens is 372 g/mol. The van der Waals surface area contributed by atoms with Gasteiger partial charge >= 0.3 is 5.69 Å². The molecule has 0 atom stereocenters. The number of ketones is 1. The highest BCUT2D eigenvalue weighted by Gasteiger charge is 2.25. The zero-order valence-corrected chi connectivity index (χ0v) is 16.6. The summed E-state index contributed by atoms with van der Waals surface area (Å²) in [7, 11) is 1.57. The molecule has 1 fully saturated rings. The Morgan fingerprint density at radius 1 is 1.10 bits per heavy atom. The molecule has 1 aliphatic heterocycles. The number of anilines is 1. The van der Waals surface area contributed by atoms with E-state index in [1.54, 1.807) is 35.9 Å². The van der Waals surface area contributed by atoms with Gasteiger partial charge in [-0.1, -0.05) is 37.3 Å². The minimum Gasteiger partial charge on any atom is -0.340 e. The Bertz CT molecular complexity index is 1150. The monoisotopic (exact) mass is 396 g/mol. The Hall–Kier alpha value is -3.20. The third-order valence-corrected chi connectivity index (χ3v) is 5.49. The van der Waals surface area contributed by atoms with Gasteiger partial charge in [0.1, 0.15) is 0 Å². The van der Waals surface area contributed by atoms with E-state index in [0.29, 0.717) is 11.5 Å². The zero-order chi connectivity index (χ0) is 20.5. The number of likely N-dealkylation sites (N-methyl/N-ethyl adjacent to an activating group) is 1. The van der Waals surface area contributed by atoms with Crippen LogP contribution >= 0.6 is 0 Å². The minimum absolute atomic E-state index is 0.0227. The minimum atomic E-state index is -0.532. The van der Waals surface area contributed by atoms with E-state index in [0.717, 1.165) is 32.7 Å². The van der Waals surface area contributed by atoms with E-state index in [-0.39, 0.29) is 23.5 Å². The third kappa shape index (κ3) is 3.49. The van der Waals surface area contributed by atoms with Gasteiger partial charge in [-0.2, -0.15) is 4.98 Å². The number of imidazole rings is 1. The number of piperazine rings is 1. The van der Waals surface area contributed by atoms with E-state index in [1.807, 2.05) is 6.07 Å². The molecule has 0 aliphatic carbocycles. The lowest BCUT2D eigenvalue weighted by Crippen LogP contribution is -2.47. The van der Waals surface area contributed by atoms with Crippen molar-refractivity contribution in [1.29, 1.82) is 0 Å². The Morgan fingerprint density at radius 3 is 2.45 bits per heavy atom. The first-order valence-electron chi connectivity index (χ1n) is 9.74. The molecular formula is C20H24N6O3. The van der Waals surface area contributed by atoms with Crippen molar-refractivity contribution in [2.45, 2.75) is 13.5 Å². The van der Waals surface area contributed by atoms with Gasteiger partial charge in [0.05, 0.1) is 6.54 Å². The summed E-state index contributed by atoms with van der Waals surface area (Å²) in [5.41, 5.74) is 0.0352. The van der Waals surface area contributed by atoms with Crippen LogP contribution < -0.4 is 16.1 Å². The fraction of sp³-hybridized carbons (Fsp3) is 0.400. The molecule has 152 valence electrons. The van der Waals surface area contributed by atoms with Crippen LogP contribution in [0, 0.1) is 0 Å². The number of aromatic nitrogens is 4. The summed E-state index contributed by atoms with van der Waals surface area (Å²) in [5, 5.41) is 0. The lowest BCUT2D eigenvalue weighted by atomic mass is 10.1. The normalized spacial score (nSPS) is 15.2. The number of nitrogens with one attached hydrogen (secondary N) is 1. The molecule has 1 aliphatic rings. The van der Waals surface area contributed by atoms with Crippen molar-refractivity contribution >= 4 is 22.9 Å². The summed E-state index contributed by atoms with van der Waals surface area (Å²) in [6.45, 7) is 6.31. The van der Waals surface area contributed by atoms with E-state index >= 15 is 0 Å². The highest BCUT2D eigenvalue weighted by molar-refractivity contribution is 5.96. The van der Waals surface area contributed by atoms with Crippen LogP contribution in [0.3, 0.4) is 0 Å². The van der Waals surface area contributed by atoms with E-state index in [9.17, 15) is 14.4 Å². The van der Waals surface area contributed by atoms with E-state index in [1.165, 1.54) is 4.57 Å². The van der Waals surface area contributed by atoms with Gasteiger partial charge in [0.25, 0.3) is 5.56 Å². The lowest BCUT2D eigenvalue weighted by Gasteiger charge is -2.34.